The molecule has 15 N–H and O–H groups in total. The van der Waals surface area contributed by atoms with Gasteiger partial charge in [-0.1, -0.05) is 6.92 Å². The van der Waals surface area contributed by atoms with Crippen molar-refractivity contribution in [3.63, 3.8) is 0 Å². The smallest absolute Gasteiger partial charge is 0.397 e. The monoisotopic (exact) mass is 955 g/mol. The lowest BCUT2D eigenvalue weighted by atomic mass is 9.87. The number of rotatable bonds is 18. The largest absolute Gasteiger partial charge is 0.477 e. The van der Waals surface area contributed by atoms with Crippen LogP contribution < -0.4 is 16.0 Å². The first-order chi connectivity index (χ1) is 29.8. The molecule has 4 saturated heterocycles. The Bertz CT molecular complexity index is 1720. The van der Waals surface area contributed by atoms with Crippen molar-refractivity contribution in [2.45, 2.75) is 169 Å². The van der Waals surface area contributed by atoms with Gasteiger partial charge in [0, 0.05) is 27.2 Å². The molecule has 0 aromatic rings. The normalized spacial score (nSPS) is 41.6. The summed E-state index contributed by atoms with van der Waals surface area (Å²) in [6.45, 7) is 1.17. The lowest BCUT2D eigenvalue weighted by Gasteiger charge is -2.51. The van der Waals surface area contributed by atoms with E-state index in [1.54, 1.807) is 0 Å². The van der Waals surface area contributed by atoms with Crippen LogP contribution in [0.5, 0.6) is 0 Å². The number of carboxylic acid groups (broad SMARTS) is 1. The number of aliphatic hydroxyl groups excluding tert-OH is 10. The summed E-state index contributed by atoms with van der Waals surface area (Å²) in [6.07, 6.45) is -34.7. The van der Waals surface area contributed by atoms with E-state index in [4.69, 9.17) is 37.7 Å². The summed E-state index contributed by atoms with van der Waals surface area (Å²) < 4.78 is 76.0. The van der Waals surface area contributed by atoms with Gasteiger partial charge in [-0.25, -0.2) is 8.98 Å². The summed E-state index contributed by atoms with van der Waals surface area (Å²) in [5.41, 5.74) is 0. The zero-order valence-corrected chi connectivity index (χ0v) is 35.4. The van der Waals surface area contributed by atoms with E-state index in [9.17, 15) is 83.8 Å². The van der Waals surface area contributed by atoms with E-state index >= 15 is 0 Å². The molecule has 30 heteroatoms. The minimum atomic E-state index is -5.17. The number of carbonyl (C=O) groups is 4. The molecular formula is C34H57N3O26S. The SMILES string of the molecule is CC[C@@H](O)[C@@H](O)[C@@H]1O[C@@](O[C@H]2[C@@H](O)[C@@H](CO)O[C@@H](O[C@H]3[C@H](O)[C@@H](NC(C)=O)[C@H](O[C@H]4[C@H](O)[C@@H](NC(C)=O)C(O)O[C@@H]4COS(=O)(=O)O)O[C@@H]3CO)[C@@H]2O)(C(=O)O)C[C@H](O)[C@H]1NC(C)=O. The van der Waals surface area contributed by atoms with Crippen molar-refractivity contribution < 1.29 is 126 Å². The van der Waals surface area contributed by atoms with Crippen LogP contribution in [0.1, 0.15) is 40.5 Å². The summed E-state index contributed by atoms with van der Waals surface area (Å²) >= 11 is 0. The molecule has 4 fully saturated rings. The Morgan fingerprint density at radius 1 is 0.719 bits per heavy atom. The highest BCUT2D eigenvalue weighted by molar-refractivity contribution is 7.80. The summed E-state index contributed by atoms with van der Waals surface area (Å²) in [4.78, 5) is 49.2. The van der Waals surface area contributed by atoms with Crippen molar-refractivity contribution in [1.29, 1.82) is 0 Å². The van der Waals surface area contributed by atoms with Crippen LogP contribution in [0.2, 0.25) is 0 Å². The molecule has 21 atom stereocenters. The molecule has 0 spiro atoms. The fourth-order valence-electron chi connectivity index (χ4n) is 7.74. The van der Waals surface area contributed by atoms with Crippen LogP contribution in [0.4, 0.5) is 0 Å². The van der Waals surface area contributed by atoms with Gasteiger partial charge < -0.3 is 105 Å². The second-order valence-electron chi connectivity index (χ2n) is 15.5. The molecule has 0 saturated carbocycles. The maximum atomic E-state index is 12.9. The Morgan fingerprint density at radius 2 is 1.23 bits per heavy atom. The number of carboxylic acids is 1. The number of amides is 3. The first-order valence-electron chi connectivity index (χ1n) is 19.7. The second-order valence-corrected chi connectivity index (χ2v) is 16.6. The Kier molecular flexibility index (Phi) is 18.7. The molecule has 4 heterocycles. The number of ether oxygens (including phenoxy) is 7. The molecule has 1 unspecified atom stereocenters. The molecule has 0 aromatic heterocycles. The van der Waals surface area contributed by atoms with E-state index in [0.717, 1.165) is 20.8 Å². The number of aliphatic hydroxyl groups is 10. The number of carbonyl (C=O) groups excluding carboxylic acids is 3. The molecule has 64 heavy (non-hydrogen) atoms. The highest BCUT2D eigenvalue weighted by Gasteiger charge is 2.60. The zero-order chi connectivity index (χ0) is 48.2. The van der Waals surface area contributed by atoms with Gasteiger partial charge in [0.25, 0.3) is 5.79 Å². The molecular weight excluding hydrogens is 898 g/mol. The average Bonchev–Trinajstić information content (AvgIpc) is 3.20. The van der Waals surface area contributed by atoms with E-state index in [2.05, 4.69) is 20.1 Å². The molecule has 4 aliphatic rings. The fraction of sp³-hybridized carbons (Fsp3) is 0.882. The van der Waals surface area contributed by atoms with Gasteiger partial charge in [-0.2, -0.15) is 8.42 Å². The third-order valence-corrected chi connectivity index (χ3v) is 11.2. The summed E-state index contributed by atoms with van der Waals surface area (Å²) in [7, 11) is -5.17. The summed E-state index contributed by atoms with van der Waals surface area (Å²) in [5.74, 6) is -7.51. The Hall–Kier alpha value is -2.93. The van der Waals surface area contributed by atoms with E-state index in [0.29, 0.717) is 0 Å². The maximum Gasteiger partial charge on any atom is 0.397 e. The van der Waals surface area contributed by atoms with E-state index < -0.39 is 189 Å². The van der Waals surface area contributed by atoms with Crippen LogP contribution in [-0.2, 0) is 66.9 Å². The Morgan fingerprint density at radius 3 is 1.77 bits per heavy atom. The van der Waals surface area contributed by atoms with Crippen LogP contribution in [0.3, 0.4) is 0 Å². The minimum Gasteiger partial charge on any atom is -0.477 e. The van der Waals surface area contributed by atoms with Crippen LogP contribution in [0, 0.1) is 0 Å². The lowest BCUT2D eigenvalue weighted by molar-refractivity contribution is -0.385. The van der Waals surface area contributed by atoms with E-state index in [1.807, 2.05) is 0 Å². The van der Waals surface area contributed by atoms with Gasteiger partial charge in [-0.15, -0.1) is 0 Å². The molecule has 0 aliphatic carbocycles. The van der Waals surface area contributed by atoms with Crippen molar-refractivity contribution in [1.82, 2.24) is 16.0 Å². The molecule has 3 amide bonds. The van der Waals surface area contributed by atoms with Gasteiger partial charge in [-0.05, 0) is 6.42 Å². The van der Waals surface area contributed by atoms with Crippen LogP contribution in [-0.4, -0.2) is 241 Å². The van der Waals surface area contributed by atoms with E-state index in [-0.39, 0.29) is 6.42 Å². The van der Waals surface area contributed by atoms with Gasteiger partial charge in [0.05, 0.1) is 38.1 Å². The van der Waals surface area contributed by atoms with Crippen LogP contribution >= 0.6 is 0 Å². The summed E-state index contributed by atoms with van der Waals surface area (Å²) in [6, 6.07) is -5.01. The van der Waals surface area contributed by atoms with Crippen molar-refractivity contribution in [3.05, 3.63) is 0 Å². The van der Waals surface area contributed by atoms with Crippen molar-refractivity contribution in [2.24, 2.45) is 0 Å². The van der Waals surface area contributed by atoms with Crippen molar-refractivity contribution in [2.75, 3.05) is 19.8 Å². The van der Waals surface area contributed by atoms with Crippen molar-refractivity contribution >= 4 is 34.1 Å². The summed E-state index contributed by atoms with van der Waals surface area (Å²) in [5, 5.41) is 127. The standard InChI is InChI=1S/C34H57N3O26S/c1-5-13(43)21(45)28-18(35-10(2)40)14(44)6-34(62-28,33(51)52)63-29-22(46)15(7-38)58-32(25(29)49)61-26-16(8-39)59-31(20(24(26)48)37-12(4)42)60-27-17(9-56-64(53,54)55)57-30(50)19(23(27)47)36-11(3)41/h13-32,38-39,43-50H,5-9H2,1-4H3,(H,35,40)(H,36,41)(H,37,42)(H,51,52)(H,53,54,55)/t13-,14+,15-,16-,17-,18-,19-,20-,21-,22+,23-,24-,25-,26-,27-,28-,29+,30?,31+,32+,34+/m1/s1. The Balaban J connectivity index is 1.66. The highest BCUT2D eigenvalue weighted by Crippen LogP contribution is 2.39. The second kappa shape index (κ2) is 22.2. The number of aliphatic carboxylic acids is 1. The molecule has 0 bridgehead atoms. The van der Waals surface area contributed by atoms with Crippen molar-refractivity contribution in [3.8, 4) is 0 Å². The van der Waals surface area contributed by atoms with Crippen LogP contribution in [0.25, 0.3) is 0 Å². The van der Waals surface area contributed by atoms with Gasteiger partial charge in [-0.3, -0.25) is 18.9 Å². The first kappa shape index (κ1) is 53.7. The predicted molar refractivity (Wildman–Crippen MR) is 200 cm³/mol. The minimum absolute atomic E-state index is 0.118. The topological polar surface area (TPSA) is 455 Å². The zero-order valence-electron chi connectivity index (χ0n) is 34.6. The highest BCUT2D eigenvalue weighted by atomic mass is 32.3. The molecule has 0 radical (unpaired) electrons. The average molecular weight is 956 g/mol. The Labute approximate surface area is 364 Å². The maximum absolute atomic E-state index is 12.9. The number of hydrogen-bond donors (Lipinski definition) is 15. The van der Waals surface area contributed by atoms with Gasteiger partial charge in [0.15, 0.2) is 18.9 Å². The number of nitrogens with one attached hydrogen (secondary N) is 3. The fourth-order valence-corrected chi connectivity index (χ4v) is 8.04. The molecule has 29 nitrogen and oxygen atoms in total. The molecule has 370 valence electrons. The quantitative estimate of drug-likeness (QED) is 0.0567. The molecule has 0 aromatic carbocycles. The third-order valence-electron chi connectivity index (χ3n) is 10.8. The lowest BCUT2D eigenvalue weighted by Crippen LogP contribution is -2.71. The van der Waals surface area contributed by atoms with E-state index in [1.165, 1.54) is 6.92 Å². The van der Waals surface area contributed by atoms with Gasteiger partial charge in [0.1, 0.15) is 85.3 Å². The number of hydrogen-bond acceptors (Lipinski definition) is 24. The van der Waals surface area contributed by atoms with Crippen LogP contribution in [0.15, 0.2) is 0 Å². The predicted octanol–water partition coefficient (Wildman–Crippen LogP) is -8.87. The first-order valence-corrected chi connectivity index (χ1v) is 21.1. The van der Waals surface area contributed by atoms with Gasteiger partial charge in [0.2, 0.25) is 17.7 Å². The molecule has 4 aliphatic heterocycles. The third kappa shape index (κ3) is 12.5. The van der Waals surface area contributed by atoms with Gasteiger partial charge >= 0.3 is 16.4 Å². The molecule has 4 rings (SSSR count).